The minimum atomic E-state index is -2.49. The molecule has 0 spiro atoms. The number of aldehydes is 1. The van der Waals surface area contributed by atoms with E-state index in [9.17, 15) is 13.6 Å². The van der Waals surface area contributed by atoms with Crippen LogP contribution in [0.15, 0.2) is 21.5 Å². The summed E-state index contributed by atoms with van der Waals surface area (Å²) < 4.78 is 25.2. The summed E-state index contributed by atoms with van der Waals surface area (Å²) in [7, 11) is 0. The van der Waals surface area contributed by atoms with Crippen molar-refractivity contribution in [2.24, 2.45) is 0 Å². The largest absolute Gasteiger partial charge is 0.298 e. The first-order valence-corrected chi connectivity index (χ1v) is 5.98. The molecular weight excluding hydrogens is 238 g/mol. The molecule has 0 aliphatic carbocycles. The Bertz CT molecular complexity index is 473. The Morgan fingerprint density at radius 3 is 2.40 bits per heavy atom. The van der Waals surface area contributed by atoms with Gasteiger partial charge in [0.2, 0.25) is 0 Å². The molecule has 0 bridgehead atoms. The molecule has 1 nitrogen and oxygen atoms in total. The van der Waals surface area contributed by atoms with Gasteiger partial charge in [0.05, 0.1) is 0 Å². The molecular formula is C10H6F2OS2. The lowest BCUT2D eigenvalue weighted by Crippen LogP contribution is -1.86. The molecule has 2 heterocycles. The molecule has 0 unspecified atom stereocenters. The maximum Gasteiger partial charge on any atom is 0.265 e. The standard InChI is InChI=1S/C10H6F2OS2/c11-10(12)9-5-15-4-8(9)7-3-14-2-6(7)1-13/h1-5,10H. The molecule has 0 aliphatic rings. The highest BCUT2D eigenvalue weighted by atomic mass is 32.1. The first kappa shape index (κ1) is 10.4. The second-order valence-electron chi connectivity index (χ2n) is 2.90. The van der Waals surface area contributed by atoms with E-state index in [-0.39, 0.29) is 5.56 Å². The average molecular weight is 244 g/mol. The van der Waals surface area contributed by atoms with Crippen LogP contribution in [-0.4, -0.2) is 6.29 Å². The number of halogens is 2. The summed E-state index contributed by atoms with van der Waals surface area (Å²) in [6.07, 6.45) is -1.80. The molecule has 0 fully saturated rings. The van der Waals surface area contributed by atoms with Crippen molar-refractivity contribution in [3.8, 4) is 11.1 Å². The predicted molar refractivity (Wildman–Crippen MR) is 58.0 cm³/mol. The maximum absolute atomic E-state index is 12.6. The summed E-state index contributed by atoms with van der Waals surface area (Å²) in [4.78, 5) is 10.7. The summed E-state index contributed by atoms with van der Waals surface area (Å²) in [5.41, 5.74) is 1.55. The average Bonchev–Trinajstić information content (AvgIpc) is 2.85. The second-order valence-corrected chi connectivity index (χ2v) is 4.39. The van der Waals surface area contributed by atoms with Crippen LogP contribution in [-0.2, 0) is 0 Å². The lowest BCUT2D eigenvalue weighted by atomic mass is 10.0. The number of carbonyl (C=O) groups excluding carboxylic acids is 1. The summed E-state index contributed by atoms with van der Waals surface area (Å²) in [6, 6.07) is 0. The van der Waals surface area contributed by atoms with Gasteiger partial charge in [-0.25, -0.2) is 8.78 Å². The van der Waals surface area contributed by atoms with Gasteiger partial charge in [-0.3, -0.25) is 4.79 Å². The van der Waals surface area contributed by atoms with Gasteiger partial charge < -0.3 is 0 Å². The molecule has 2 aromatic heterocycles. The normalized spacial score (nSPS) is 10.9. The first-order chi connectivity index (χ1) is 7.24. The number of hydrogen-bond acceptors (Lipinski definition) is 3. The van der Waals surface area contributed by atoms with Crippen molar-refractivity contribution in [1.82, 2.24) is 0 Å². The van der Waals surface area contributed by atoms with Crippen LogP contribution < -0.4 is 0 Å². The van der Waals surface area contributed by atoms with E-state index in [1.807, 2.05) is 0 Å². The molecule has 0 aliphatic heterocycles. The van der Waals surface area contributed by atoms with Crippen LogP contribution in [0.5, 0.6) is 0 Å². The third-order valence-electron chi connectivity index (χ3n) is 2.04. The van der Waals surface area contributed by atoms with Gasteiger partial charge in [0.1, 0.15) is 0 Å². The number of rotatable bonds is 3. The molecule has 2 aromatic rings. The molecule has 5 heteroatoms. The van der Waals surface area contributed by atoms with Crippen molar-refractivity contribution in [1.29, 1.82) is 0 Å². The van der Waals surface area contributed by atoms with Gasteiger partial charge in [0.15, 0.2) is 6.29 Å². The molecule has 15 heavy (non-hydrogen) atoms. The molecule has 0 aromatic carbocycles. The van der Waals surface area contributed by atoms with Crippen molar-refractivity contribution in [2.45, 2.75) is 6.43 Å². The number of thiophene rings is 2. The van der Waals surface area contributed by atoms with E-state index >= 15 is 0 Å². The van der Waals surface area contributed by atoms with Gasteiger partial charge in [0, 0.05) is 33.0 Å². The molecule has 0 atom stereocenters. The highest BCUT2D eigenvalue weighted by Crippen LogP contribution is 2.36. The minimum absolute atomic E-state index is 0.00139. The van der Waals surface area contributed by atoms with Crippen molar-refractivity contribution in [3.05, 3.63) is 32.6 Å². The zero-order valence-corrected chi connectivity index (χ0v) is 9.08. The van der Waals surface area contributed by atoms with Crippen molar-refractivity contribution >= 4 is 29.0 Å². The zero-order chi connectivity index (χ0) is 10.8. The minimum Gasteiger partial charge on any atom is -0.298 e. The highest BCUT2D eigenvalue weighted by molar-refractivity contribution is 7.09. The number of alkyl halides is 2. The van der Waals surface area contributed by atoms with E-state index in [1.165, 1.54) is 28.1 Å². The molecule has 0 amide bonds. The monoisotopic (exact) mass is 244 g/mol. The van der Waals surface area contributed by atoms with Crippen LogP contribution in [0.2, 0.25) is 0 Å². The fourth-order valence-corrected chi connectivity index (χ4v) is 2.95. The fourth-order valence-electron chi connectivity index (χ4n) is 1.31. The third-order valence-corrected chi connectivity index (χ3v) is 3.56. The highest BCUT2D eigenvalue weighted by Gasteiger charge is 2.17. The summed E-state index contributed by atoms with van der Waals surface area (Å²) in [6.45, 7) is 0. The van der Waals surface area contributed by atoms with Crippen molar-refractivity contribution in [2.75, 3.05) is 0 Å². The van der Waals surface area contributed by atoms with Gasteiger partial charge in [-0.1, -0.05) is 0 Å². The SMILES string of the molecule is O=Cc1cscc1-c1cscc1C(F)F. The third kappa shape index (κ3) is 1.85. The first-order valence-electron chi connectivity index (χ1n) is 4.10. The van der Waals surface area contributed by atoms with Crippen LogP contribution in [0, 0.1) is 0 Å². The Hall–Kier alpha value is -1.07. The smallest absolute Gasteiger partial charge is 0.265 e. The Labute approximate surface area is 93.0 Å². The van der Waals surface area contributed by atoms with Gasteiger partial charge in [-0.2, -0.15) is 22.7 Å². The van der Waals surface area contributed by atoms with Crippen molar-refractivity contribution < 1.29 is 13.6 Å². The Morgan fingerprint density at radius 1 is 1.07 bits per heavy atom. The lowest BCUT2D eigenvalue weighted by Gasteiger charge is -2.01. The molecule has 2 rings (SSSR count). The lowest BCUT2D eigenvalue weighted by molar-refractivity contribution is 0.112. The second kappa shape index (κ2) is 4.20. The summed E-state index contributed by atoms with van der Waals surface area (Å²) >= 11 is 2.56. The molecule has 0 saturated heterocycles. The molecule has 78 valence electrons. The quantitative estimate of drug-likeness (QED) is 0.738. The van der Waals surface area contributed by atoms with Gasteiger partial charge in [-0.05, 0) is 10.8 Å². The van der Waals surface area contributed by atoms with Crippen LogP contribution in [0.1, 0.15) is 22.3 Å². The Balaban J connectivity index is 2.54. The van der Waals surface area contributed by atoms with Crippen LogP contribution in [0.25, 0.3) is 11.1 Å². The van der Waals surface area contributed by atoms with E-state index in [4.69, 9.17) is 0 Å². The molecule has 0 saturated carbocycles. The van der Waals surface area contributed by atoms with Crippen LogP contribution in [0.4, 0.5) is 8.78 Å². The summed E-state index contributed by atoms with van der Waals surface area (Å²) in [5.74, 6) is 0. The maximum atomic E-state index is 12.6. The van der Waals surface area contributed by atoms with Gasteiger partial charge >= 0.3 is 0 Å². The molecule has 0 N–H and O–H groups in total. The zero-order valence-electron chi connectivity index (χ0n) is 7.44. The summed E-state index contributed by atoms with van der Waals surface area (Å²) in [5, 5.41) is 6.45. The Morgan fingerprint density at radius 2 is 1.73 bits per heavy atom. The Kier molecular flexibility index (Phi) is 2.93. The van der Waals surface area contributed by atoms with E-state index < -0.39 is 6.43 Å². The van der Waals surface area contributed by atoms with Gasteiger partial charge in [-0.15, -0.1) is 0 Å². The molecule has 0 radical (unpaired) electrons. The number of carbonyl (C=O) groups is 1. The van der Waals surface area contributed by atoms with Crippen LogP contribution >= 0.6 is 22.7 Å². The van der Waals surface area contributed by atoms with Gasteiger partial charge in [0.25, 0.3) is 6.43 Å². The van der Waals surface area contributed by atoms with E-state index in [0.29, 0.717) is 23.0 Å². The van der Waals surface area contributed by atoms with E-state index in [2.05, 4.69) is 0 Å². The topological polar surface area (TPSA) is 17.1 Å². The number of hydrogen-bond donors (Lipinski definition) is 0. The van der Waals surface area contributed by atoms with E-state index in [1.54, 1.807) is 16.1 Å². The van der Waals surface area contributed by atoms with E-state index in [0.717, 1.165) is 0 Å². The van der Waals surface area contributed by atoms with Crippen molar-refractivity contribution in [3.63, 3.8) is 0 Å². The predicted octanol–water partition coefficient (Wildman–Crippen LogP) is 4.23. The van der Waals surface area contributed by atoms with Crippen LogP contribution in [0.3, 0.4) is 0 Å². The fraction of sp³-hybridized carbons (Fsp3) is 0.100.